The van der Waals surface area contributed by atoms with E-state index in [2.05, 4.69) is 9.97 Å². The zero-order valence-electron chi connectivity index (χ0n) is 9.86. The van der Waals surface area contributed by atoms with Crippen molar-refractivity contribution < 1.29 is 9.18 Å². The van der Waals surface area contributed by atoms with Gasteiger partial charge in [-0.15, -0.1) is 11.8 Å². The standard InChI is InChI=1S/C13H10FN3OS/c14-10-3-1-9(2-4-10)13-17(12(18)7-19-13)11-5-6-15-8-16-11/h1-6,8,13H,7H2. The number of amides is 1. The highest BCUT2D eigenvalue weighted by Gasteiger charge is 2.34. The molecule has 1 aliphatic heterocycles. The number of benzene rings is 1. The van der Waals surface area contributed by atoms with Gasteiger partial charge in [-0.05, 0) is 23.8 Å². The van der Waals surface area contributed by atoms with Crippen LogP contribution in [0.25, 0.3) is 0 Å². The summed E-state index contributed by atoms with van der Waals surface area (Å²) in [6, 6.07) is 7.88. The lowest BCUT2D eigenvalue weighted by Gasteiger charge is -2.22. The van der Waals surface area contributed by atoms with Crippen molar-refractivity contribution in [3.05, 3.63) is 54.2 Å². The third-order valence-corrected chi connectivity index (χ3v) is 4.05. The summed E-state index contributed by atoms with van der Waals surface area (Å²) in [5, 5.41) is -0.164. The summed E-state index contributed by atoms with van der Waals surface area (Å²) in [4.78, 5) is 21.6. The SMILES string of the molecule is O=C1CSC(c2ccc(F)cc2)N1c1ccncn1. The van der Waals surface area contributed by atoms with Crippen molar-refractivity contribution in [2.45, 2.75) is 5.37 Å². The van der Waals surface area contributed by atoms with Crippen molar-refractivity contribution >= 4 is 23.5 Å². The highest BCUT2D eigenvalue weighted by atomic mass is 32.2. The lowest BCUT2D eigenvalue weighted by Crippen LogP contribution is -2.28. The number of nitrogens with zero attached hydrogens (tertiary/aromatic N) is 3. The van der Waals surface area contributed by atoms with Gasteiger partial charge in [0.15, 0.2) is 0 Å². The number of carbonyl (C=O) groups is 1. The summed E-state index contributed by atoms with van der Waals surface area (Å²) in [6.07, 6.45) is 3.01. The molecule has 0 bridgehead atoms. The zero-order chi connectivity index (χ0) is 13.2. The van der Waals surface area contributed by atoms with Crippen LogP contribution in [0, 0.1) is 5.82 Å². The Morgan fingerprint density at radius 2 is 2.05 bits per heavy atom. The van der Waals surface area contributed by atoms with Crippen LogP contribution in [0.4, 0.5) is 10.2 Å². The summed E-state index contributed by atoms with van der Waals surface area (Å²) in [7, 11) is 0. The predicted octanol–water partition coefficient (Wildman–Crippen LogP) is 2.39. The number of halogens is 1. The van der Waals surface area contributed by atoms with Crippen LogP contribution in [-0.4, -0.2) is 21.6 Å². The molecule has 1 amide bonds. The molecule has 4 nitrogen and oxygen atoms in total. The van der Waals surface area contributed by atoms with E-state index in [0.29, 0.717) is 11.6 Å². The summed E-state index contributed by atoms with van der Waals surface area (Å²) in [5.41, 5.74) is 0.885. The van der Waals surface area contributed by atoms with Crippen molar-refractivity contribution in [1.82, 2.24) is 9.97 Å². The molecule has 1 aliphatic rings. The largest absolute Gasteiger partial charge is 0.279 e. The first-order chi connectivity index (χ1) is 9.25. The minimum absolute atomic E-state index is 0.00183. The molecule has 0 aliphatic carbocycles. The Labute approximate surface area is 113 Å². The molecule has 1 saturated heterocycles. The van der Waals surface area contributed by atoms with Gasteiger partial charge in [0, 0.05) is 6.20 Å². The van der Waals surface area contributed by atoms with Crippen LogP contribution in [0.1, 0.15) is 10.9 Å². The number of anilines is 1. The van der Waals surface area contributed by atoms with Gasteiger partial charge in [0.05, 0.1) is 5.75 Å². The number of aromatic nitrogens is 2. The Balaban J connectivity index is 1.97. The van der Waals surface area contributed by atoms with Crippen LogP contribution in [-0.2, 0) is 4.79 Å². The number of thioether (sulfide) groups is 1. The molecule has 1 fully saturated rings. The summed E-state index contributed by atoms with van der Waals surface area (Å²) < 4.78 is 13.0. The molecule has 1 aromatic heterocycles. The predicted molar refractivity (Wildman–Crippen MR) is 71.1 cm³/mol. The van der Waals surface area contributed by atoms with Crippen molar-refractivity contribution in [1.29, 1.82) is 0 Å². The van der Waals surface area contributed by atoms with Crippen molar-refractivity contribution in [2.24, 2.45) is 0 Å². The fraction of sp³-hybridized carbons (Fsp3) is 0.154. The van der Waals surface area contributed by atoms with E-state index >= 15 is 0 Å². The van der Waals surface area contributed by atoms with E-state index < -0.39 is 0 Å². The highest BCUT2D eigenvalue weighted by molar-refractivity contribution is 8.00. The van der Waals surface area contributed by atoms with Crippen LogP contribution >= 0.6 is 11.8 Å². The average Bonchev–Trinajstić information content (AvgIpc) is 2.82. The van der Waals surface area contributed by atoms with E-state index in [4.69, 9.17) is 0 Å². The maximum Gasteiger partial charge on any atom is 0.239 e. The van der Waals surface area contributed by atoms with Gasteiger partial charge >= 0.3 is 0 Å². The normalized spacial score (nSPS) is 18.9. The Hall–Kier alpha value is -1.95. The molecule has 1 atom stereocenters. The van der Waals surface area contributed by atoms with E-state index in [1.54, 1.807) is 29.3 Å². The van der Waals surface area contributed by atoms with Gasteiger partial charge in [0.1, 0.15) is 23.3 Å². The zero-order valence-corrected chi connectivity index (χ0v) is 10.7. The molecule has 0 N–H and O–H groups in total. The molecule has 2 aromatic rings. The second-order valence-corrected chi connectivity index (χ2v) is 5.11. The minimum Gasteiger partial charge on any atom is -0.279 e. The van der Waals surface area contributed by atoms with Gasteiger partial charge in [0.25, 0.3) is 0 Å². The van der Waals surface area contributed by atoms with Crippen LogP contribution < -0.4 is 4.90 Å². The minimum atomic E-state index is -0.286. The van der Waals surface area contributed by atoms with Gasteiger partial charge < -0.3 is 0 Å². The van der Waals surface area contributed by atoms with Crippen LogP contribution in [0.3, 0.4) is 0 Å². The topological polar surface area (TPSA) is 46.1 Å². The highest BCUT2D eigenvalue weighted by Crippen LogP contribution is 2.40. The number of carbonyl (C=O) groups excluding carboxylic acids is 1. The lowest BCUT2D eigenvalue weighted by molar-refractivity contribution is -0.115. The second-order valence-electron chi connectivity index (χ2n) is 4.05. The molecule has 0 radical (unpaired) electrons. The smallest absolute Gasteiger partial charge is 0.239 e. The first-order valence-corrected chi connectivity index (χ1v) is 6.76. The second kappa shape index (κ2) is 4.97. The lowest BCUT2D eigenvalue weighted by atomic mass is 10.2. The van der Waals surface area contributed by atoms with Crippen molar-refractivity contribution in [3.8, 4) is 0 Å². The number of hydrogen-bond donors (Lipinski definition) is 0. The summed E-state index contributed by atoms with van der Waals surface area (Å²) >= 11 is 1.51. The molecule has 19 heavy (non-hydrogen) atoms. The Morgan fingerprint density at radius 1 is 1.26 bits per heavy atom. The Morgan fingerprint density at radius 3 is 2.74 bits per heavy atom. The third kappa shape index (κ3) is 2.31. The van der Waals surface area contributed by atoms with E-state index in [1.807, 2.05) is 0 Å². The maximum atomic E-state index is 13.0. The molecular formula is C13H10FN3OS. The van der Waals surface area contributed by atoms with E-state index in [0.717, 1.165) is 5.56 Å². The molecule has 6 heteroatoms. The fourth-order valence-electron chi connectivity index (χ4n) is 1.97. The first-order valence-electron chi connectivity index (χ1n) is 5.71. The third-order valence-electron chi connectivity index (χ3n) is 2.84. The molecule has 1 aromatic carbocycles. The first kappa shape index (κ1) is 12.1. The maximum absolute atomic E-state index is 13.0. The van der Waals surface area contributed by atoms with Gasteiger partial charge in [-0.3, -0.25) is 9.69 Å². The molecule has 1 unspecified atom stereocenters. The van der Waals surface area contributed by atoms with Crippen molar-refractivity contribution in [2.75, 3.05) is 10.7 Å². The molecule has 2 heterocycles. The quantitative estimate of drug-likeness (QED) is 0.844. The van der Waals surface area contributed by atoms with Crippen LogP contribution in [0.5, 0.6) is 0 Å². The Kier molecular flexibility index (Phi) is 3.16. The molecular weight excluding hydrogens is 265 g/mol. The van der Waals surface area contributed by atoms with E-state index in [-0.39, 0.29) is 17.1 Å². The molecule has 0 saturated carbocycles. The van der Waals surface area contributed by atoms with Crippen LogP contribution in [0.15, 0.2) is 42.9 Å². The van der Waals surface area contributed by atoms with Gasteiger partial charge in [-0.25, -0.2) is 14.4 Å². The fourth-order valence-corrected chi connectivity index (χ4v) is 3.14. The molecule has 0 spiro atoms. The van der Waals surface area contributed by atoms with Gasteiger partial charge in [-0.1, -0.05) is 12.1 Å². The Bertz CT molecular complexity index is 591. The van der Waals surface area contributed by atoms with E-state index in [1.165, 1.54) is 30.2 Å². The molecule has 3 rings (SSSR count). The van der Waals surface area contributed by atoms with Crippen molar-refractivity contribution in [3.63, 3.8) is 0 Å². The summed E-state index contributed by atoms with van der Waals surface area (Å²) in [6.45, 7) is 0. The summed E-state index contributed by atoms with van der Waals surface area (Å²) in [5.74, 6) is 0.676. The molecule has 96 valence electrons. The van der Waals surface area contributed by atoms with Crippen LogP contribution in [0.2, 0.25) is 0 Å². The monoisotopic (exact) mass is 275 g/mol. The van der Waals surface area contributed by atoms with Gasteiger partial charge in [-0.2, -0.15) is 0 Å². The number of rotatable bonds is 2. The number of hydrogen-bond acceptors (Lipinski definition) is 4. The van der Waals surface area contributed by atoms with Gasteiger partial charge in [0.2, 0.25) is 5.91 Å². The van der Waals surface area contributed by atoms with E-state index in [9.17, 15) is 9.18 Å². The average molecular weight is 275 g/mol.